The number of rotatable bonds is 7. The summed E-state index contributed by atoms with van der Waals surface area (Å²) in [6, 6.07) is 3.07. The maximum Gasteiger partial charge on any atom is 0.273 e. The number of hydrogen-bond donors (Lipinski definition) is 3. The third-order valence-electron chi connectivity index (χ3n) is 5.38. The van der Waals surface area contributed by atoms with Gasteiger partial charge >= 0.3 is 0 Å². The molecule has 32 heavy (non-hydrogen) atoms. The second-order valence-corrected chi connectivity index (χ2v) is 9.25. The van der Waals surface area contributed by atoms with Gasteiger partial charge in [-0.1, -0.05) is 32.9 Å². The molecule has 0 aliphatic heterocycles. The largest absolute Gasteiger partial charge is 0.368 e. The molecule has 0 bridgehead atoms. The number of amides is 3. The summed E-state index contributed by atoms with van der Waals surface area (Å²) >= 11 is 0. The van der Waals surface area contributed by atoms with Gasteiger partial charge in [0, 0.05) is 24.8 Å². The van der Waals surface area contributed by atoms with Gasteiger partial charge in [0.2, 0.25) is 17.7 Å². The van der Waals surface area contributed by atoms with Crippen LogP contribution in [0.5, 0.6) is 0 Å². The quantitative estimate of drug-likeness (QED) is 0.594. The molecule has 174 valence electrons. The molecule has 1 heterocycles. The molecule has 1 atom stereocenters. The van der Waals surface area contributed by atoms with Crippen molar-refractivity contribution in [3.63, 3.8) is 0 Å². The number of alkyl halides is 2. The molecular formula is C21H26F3N5O3. The first-order valence-corrected chi connectivity index (χ1v) is 10.2. The number of nitrogens with zero attached hydrogens (tertiary/aromatic N) is 2. The minimum Gasteiger partial charge on any atom is -0.368 e. The van der Waals surface area contributed by atoms with Gasteiger partial charge in [0.15, 0.2) is 5.69 Å². The molecule has 3 amide bonds. The number of hydrogen-bond acceptors (Lipinski definition) is 4. The fraction of sp³-hybridized carbons (Fsp3) is 0.524. The number of carbonyl (C=O) groups is 3. The van der Waals surface area contributed by atoms with Crippen molar-refractivity contribution in [2.24, 2.45) is 17.1 Å². The van der Waals surface area contributed by atoms with E-state index in [2.05, 4.69) is 15.7 Å². The van der Waals surface area contributed by atoms with Crippen molar-refractivity contribution in [1.82, 2.24) is 20.4 Å². The van der Waals surface area contributed by atoms with E-state index in [-0.39, 0.29) is 41.9 Å². The van der Waals surface area contributed by atoms with Crippen LogP contribution in [0.2, 0.25) is 0 Å². The molecule has 1 fully saturated rings. The molecule has 11 heteroatoms. The van der Waals surface area contributed by atoms with Crippen molar-refractivity contribution in [1.29, 1.82) is 0 Å². The normalized spacial score (nSPS) is 16.9. The fourth-order valence-electron chi connectivity index (χ4n) is 3.80. The van der Waals surface area contributed by atoms with Crippen LogP contribution in [0.25, 0.3) is 10.9 Å². The van der Waals surface area contributed by atoms with Crippen molar-refractivity contribution in [3.8, 4) is 0 Å². The van der Waals surface area contributed by atoms with E-state index in [4.69, 9.17) is 5.73 Å². The maximum absolute atomic E-state index is 14.6. The number of aromatic nitrogens is 2. The summed E-state index contributed by atoms with van der Waals surface area (Å²) < 4.78 is 42.2. The van der Waals surface area contributed by atoms with Gasteiger partial charge in [-0.15, -0.1) is 0 Å². The molecule has 1 aromatic heterocycles. The molecule has 0 saturated heterocycles. The Bertz CT molecular complexity index is 1050. The molecule has 0 radical (unpaired) electrons. The zero-order valence-corrected chi connectivity index (χ0v) is 18.0. The van der Waals surface area contributed by atoms with E-state index in [1.807, 2.05) is 0 Å². The van der Waals surface area contributed by atoms with Crippen LogP contribution in [-0.4, -0.2) is 46.0 Å². The highest BCUT2D eigenvalue weighted by atomic mass is 19.3. The highest BCUT2D eigenvalue weighted by molar-refractivity contribution is 6.06. The minimum absolute atomic E-state index is 0.0401. The van der Waals surface area contributed by atoms with E-state index >= 15 is 0 Å². The van der Waals surface area contributed by atoms with Crippen LogP contribution in [-0.2, 0) is 16.1 Å². The first-order valence-electron chi connectivity index (χ1n) is 10.2. The predicted octanol–water partition coefficient (Wildman–Crippen LogP) is 1.97. The number of nitrogens with two attached hydrogens (primary N) is 1. The number of primary amides is 1. The van der Waals surface area contributed by atoms with Gasteiger partial charge in [0.25, 0.3) is 5.91 Å². The Labute approximate surface area is 182 Å². The van der Waals surface area contributed by atoms with Crippen molar-refractivity contribution in [3.05, 3.63) is 29.7 Å². The zero-order chi connectivity index (χ0) is 23.8. The van der Waals surface area contributed by atoms with E-state index in [0.717, 1.165) is 0 Å². The Morgan fingerprint density at radius 1 is 1.28 bits per heavy atom. The zero-order valence-electron chi connectivity index (χ0n) is 18.0. The van der Waals surface area contributed by atoms with Gasteiger partial charge in [-0.05, 0) is 17.4 Å². The Morgan fingerprint density at radius 3 is 2.50 bits per heavy atom. The SMILES string of the molecule is CC(C)(C)[C@H](NC(=O)c1nn(CC2CC(F)(F)C2)c2c(F)cccc12)C(=O)NCC(N)=O. The number of carbonyl (C=O) groups excluding carboxylic acids is 3. The first kappa shape index (κ1) is 23.6. The minimum atomic E-state index is -2.73. The van der Waals surface area contributed by atoms with E-state index in [9.17, 15) is 27.6 Å². The van der Waals surface area contributed by atoms with E-state index in [0.29, 0.717) is 0 Å². The van der Waals surface area contributed by atoms with Crippen molar-refractivity contribution in [2.45, 2.75) is 52.1 Å². The lowest BCUT2D eigenvalue weighted by molar-refractivity contribution is -0.128. The average Bonchev–Trinajstić information content (AvgIpc) is 3.01. The van der Waals surface area contributed by atoms with Gasteiger partial charge in [-0.2, -0.15) is 5.10 Å². The smallest absolute Gasteiger partial charge is 0.273 e. The van der Waals surface area contributed by atoms with Crippen LogP contribution in [0.1, 0.15) is 44.1 Å². The maximum atomic E-state index is 14.6. The predicted molar refractivity (Wildman–Crippen MR) is 110 cm³/mol. The highest BCUT2D eigenvalue weighted by Crippen LogP contribution is 2.43. The van der Waals surface area contributed by atoms with Crippen LogP contribution >= 0.6 is 0 Å². The van der Waals surface area contributed by atoms with Gasteiger partial charge in [-0.3, -0.25) is 19.1 Å². The van der Waals surface area contributed by atoms with Crippen LogP contribution < -0.4 is 16.4 Å². The highest BCUT2D eigenvalue weighted by Gasteiger charge is 2.45. The molecule has 1 saturated carbocycles. The summed E-state index contributed by atoms with van der Waals surface area (Å²) in [7, 11) is 0. The molecule has 3 rings (SSSR count). The fourth-order valence-corrected chi connectivity index (χ4v) is 3.80. The van der Waals surface area contributed by atoms with E-state index < -0.39 is 47.5 Å². The second-order valence-electron chi connectivity index (χ2n) is 9.25. The van der Waals surface area contributed by atoms with Crippen molar-refractivity contribution in [2.75, 3.05) is 6.54 Å². The number of halogens is 3. The monoisotopic (exact) mass is 453 g/mol. The lowest BCUT2D eigenvalue weighted by Gasteiger charge is -2.34. The third-order valence-corrected chi connectivity index (χ3v) is 5.38. The number of benzene rings is 1. The molecule has 2 aromatic rings. The molecule has 1 aliphatic carbocycles. The number of nitrogens with one attached hydrogen (secondary N) is 2. The summed E-state index contributed by atoms with van der Waals surface area (Å²) in [6.07, 6.45) is -0.646. The van der Waals surface area contributed by atoms with E-state index in [1.165, 1.54) is 22.9 Å². The van der Waals surface area contributed by atoms with E-state index in [1.54, 1.807) is 20.8 Å². The summed E-state index contributed by atoms with van der Waals surface area (Å²) in [5.74, 6) is -5.83. The van der Waals surface area contributed by atoms with Gasteiger partial charge in [-0.25, -0.2) is 13.2 Å². The molecule has 1 aromatic carbocycles. The number of fused-ring (bicyclic) bond motifs is 1. The average molecular weight is 453 g/mol. The molecule has 0 unspecified atom stereocenters. The molecule has 0 spiro atoms. The topological polar surface area (TPSA) is 119 Å². The Balaban J connectivity index is 1.89. The number of para-hydroxylation sites is 1. The van der Waals surface area contributed by atoms with Gasteiger partial charge < -0.3 is 16.4 Å². The van der Waals surface area contributed by atoms with Crippen LogP contribution in [0.15, 0.2) is 18.2 Å². The molecule has 1 aliphatic rings. The second kappa shape index (κ2) is 8.44. The first-order chi connectivity index (χ1) is 14.8. The summed E-state index contributed by atoms with van der Waals surface area (Å²) in [5, 5.41) is 9.37. The van der Waals surface area contributed by atoms with Gasteiger partial charge in [0.05, 0.1) is 6.54 Å². The molecule has 8 nitrogen and oxygen atoms in total. The van der Waals surface area contributed by atoms with Crippen molar-refractivity contribution >= 4 is 28.6 Å². The van der Waals surface area contributed by atoms with Crippen molar-refractivity contribution < 1.29 is 27.6 Å². The molecule has 4 N–H and O–H groups in total. The summed E-state index contributed by atoms with van der Waals surface area (Å²) in [5.41, 5.74) is 4.24. The Hall–Kier alpha value is -3.11. The third kappa shape index (κ3) is 5.03. The lowest BCUT2D eigenvalue weighted by atomic mass is 9.81. The Kier molecular flexibility index (Phi) is 6.21. The summed E-state index contributed by atoms with van der Waals surface area (Å²) in [4.78, 5) is 36.6. The molecular weight excluding hydrogens is 427 g/mol. The van der Waals surface area contributed by atoms with Gasteiger partial charge in [0.1, 0.15) is 17.4 Å². The standard InChI is InChI=1S/C21H26F3N5O3/c1-20(2,3)17(19(32)26-9-14(25)30)27-18(31)15-12-5-4-6-13(22)16(12)29(28-15)10-11-7-21(23,24)8-11/h4-6,11,17H,7-10H2,1-3H3,(H2,25,30)(H,26,32)(H,27,31)/t17-/m1/s1. The van der Waals surface area contributed by atoms with Crippen LogP contribution in [0.4, 0.5) is 13.2 Å². The van der Waals surface area contributed by atoms with Crippen LogP contribution in [0, 0.1) is 17.2 Å². The summed E-state index contributed by atoms with van der Waals surface area (Å²) in [6.45, 7) is 4.80. The van der Waals surface area contributed by atoms with Crippen LogP contribution in [0.3, 0.4) is 0 Å². The Morgan fingerprint density at radius 2 is 1.94 bits per heavy atom. The lowest BCUT2D eigenvalue weighted by Crippen LogP contribution is -2.54.